The summed E-state index contributed by atoms with van der Waals surface area (Å²) in [6, 6.07) is -0.293. The molecule has 0 aromatic rings. The van der Waals surface area contributed by atoms with Gasteiger partial charge in [-0.05, 0) is 25.2 Å². The minimum Gasteiger partial charge on any atom is -0.344 e. The predicted octanol–water partition coefficient (Wildman–Crippen LogP) is 2.57. The Hall–Kier alpha value is -0.280. The van der Waals surface area contributed by atoms with Crippen molar-refractivity contribution in [2.75, 3.05) is 13.6 Å². The maximum Gasteiger partial charge on any atom is 0.239 e. The standard InChI is InChI=1S/C13H26N2O.ClH/c1-3-7-12(14)13(16)15(2)10-11-8-5-4-6-9-11;/h11-12H,3-10,14H2,1-2H3;1H. The minimum absolute atomic E-state index is 0. The molecule has 0 heterocycles. The van der Waals surface area contributed by atoms with E-state index in [-0.39, 0.29) is 24.4 Å². The van der Waals surface area contributed by atoms with E-state index >= 15 is 0 Å². The Kier molecular flexibility index (Phi) is 8.61. The molecule has 17 heavy (non-hydrogen) atoms. The van der Waals surface area contributed by atoms with Crippen molar-refractivity contribution in [3.8, 4) is 0 Å². The van der Waals surface area contributed by atoms with E-state index in [4.69, 9.17) is 5.73 Å². The van der Waals surface area contributed by atoms with Crippen LogP contribution in [0.4, 0.5) is 0 Å². The molecule has 0 spiro atoms. The number of likely N-dealkylation sites (N-methyl/N-ethyl adjacent to an activating group) is 1. The maximum atomic E-state index is 11.9. The normalized spacial score (nSPS) is 18.3. The van der Waals surface area contributed by atoms with Crippen LogP contribution in [-0.2, 0) is 4.79 Å². The fourth-order valence-electron chi connectivity index (χ4n) is 2.56. The molecule has 1 atom stereocenters. The highest BCUT2D eigenvalue weighted by Gasteiger charge is 2.21. The zero-order valence-electron chi connectivity index (χ0n) is 11.2. The van der Waals surface area contributed by atoms with Crippen LogP contribution in [0, 0.1) is 5.92 Å². The number of nitrogens with zero attached hydrogens (tertiary/aromatic N) is 1. The van der Waals surface area contributed by atoms with Gasteiger partial charge in [0.05, 0.1) is 6.04 Å². The first-order valence-corrected chi connectivity index (χ1v) is 6.65. The molecule has 1 fully saturated rings. The van der Waals surface area contributed by atoms with Crippen LogP contribution in [0.1, 0.15) is 51.9 Å². The summed E-state index contributed by atoms with van der Waals surface area (Å²) in [7, 11) is 1.90. The van der Waals surface area contributed by atoms with E-state index in [0.717, 1.165) is 19.4 Å². The summed E-state index contributed by atoms with van der Waals surface area (Å²) < 4.78 is 0. The van der Waals surface area contributed by atoms with Crippen LogP contribution in [0.3, 0.4) is 0 Å². The Morgan fingerprint density at radius 3 is 2.47 bits per heavy atom. The van der Waals surface area contributed by atoms with Crippen molar-refractivity contribution in [2.24, 2.45) is 11.7 Å². The molecule has 1 saturated carbocycles. The Balaban J connectivity index is 0.00000256. The van der Waals surface area contributed by atoms with Gasteiger partial charge in [0.2, 0.25) is 5.91 Å². The molecule has 1 aliphatic carbocycles. The van der Waals surface area contributed by atoms with Crippen molar-refractivity contribution in [3.05, 3.63) is 0 Å². The lowest BCUT2D eigenvalue weighted by molar-refractivity contribution is -0.132. The number of rotatable bonds is 5. The van der Waals surface area contributed by atoms with Gasteiger partial charge in [0, 0.05) is 13.6 Å². The molecule has 0 radical (unpaired) electrons. The second kappa shape index (κ2) is 8.76. The molecule has 2 N–H and O–H groups in total. The first kappa shape index (κ1) is 16.7. The van der Waals surface area contributed by atoms with Gasteiger partial charge in [0.25, 0.3) is 0 Å². The number of carbonyl (C=O) groups is 1. The quantitative estimate of drug-likeness (QED) is 0.828. The van der Waals surface area contributed by atoms with Gasteiger partial charge in [-0.2, -0.15) is 0 Å². The zero-order valence-corrected chi connectivity index (χ0v) is 12.0. The monoisotopic (exact) mass is 262 g/mol. The van der Waals surface area contributed by atoms with Gasteiger partial charge < -0.3 is 10.6 Å². The smallest absolute Gasteiger partial charge is 0.239 e. The molecule has 4 heteroatoms. The van der Waals surface area contributed by atoms with Crippen molar-refractivity contribution >= 4 is 18.3 Å². The molecule has 3 nitrogen and oxygen atoms in total. The van der Waals surface area contributed by atoms with Crippen molar-refractivity contribution in [2.45, 2.75) is 57.9 Å². The number of amides is 1. The van der Waals surface area contributed by atoms with Gasteiger partial charge in [-0.25, -0.2) is 0 Å². The number of carbonyl (C=O) groups excluding carboxylic acids is 1. The molecule has 102 valence electrons. The molecule has 1 rings (SSSR count). The van der Waals surface area contributed by atoms with Crippen LogP contribution >= 0.6 is 12.4 Å². The number of nitrogens with two attached hydrogens (primary N) is 1. The van der Waals surface area contributed by atoms with Crippen molar-refractivity contribution in [3.63, 3.8) is 0 Å². The molecule has 0 aromatic heterocycles. The van der Waals surface area contributed by atoms with Gasteiger partial charge in [0.15, 0.2) is 0 Å². The number of halogens is 1. The Labute approximate surface area is 112 Å². The van der Waals surface area contributed by atoms with Crippen LogP contribution in [-0.4, -0.2) is 30.4 Å². The third-order valence-corrected chi connectivity index (χ3v) is 3.55. The third kappa shape index (κ3) is 5.73. The molecule has 1 amide bonds. The highest BCUT2D eigenvalue weighted by Crippen LogP contribution is 2.24. The lowest BCUT2D eigenvalue weighted by atomic mass is 9.89. The third-order valence-electron chi connectivity index (χ3n) is 3.55. The molecular weight excluding hydrogens is 236 g/mol. The maximum absolute atomic E-state index is 11.9. The summed E-state index contributed by atoms with van der Waals surface area (Å²) >= 11 is 0. The molecule has 1 aliphatic rings. The molecule has 0 saturated heterocycles. The summed E-state index contributed by atoms with van der Waals surface area (Å²) in [4.78, 5) is 13.8. The summed E-state index contributed by atoms with van der Waals surface area (Å²) in [5.41, 5.74) is 5.84. The average molecular weight is 263 g/mol. The van der Waals surface area contributed by atoms with Crippen molar-refractivity contribution < 1.29 is 4.79 Å². The largest absolute Gasteiger partial charge is 0.344 e. The van der Waals surface area contributed by atoms with Crippen LogP contribution in [0.25, 0.3) is 0 Å². The van der Waals surface area contributed by atoms with E-state index in [2.05, 4.69) is 6.92 Å². The second-order valence-corrected chi connectivity index (χ2v) is 5.12. The summed E-state index contributed by atoms with van der Waals surface area (Å²) in [6.07, 6.45) is 8.35. The fraction of sp³-hybridized carbons (Fsp3) is 0.923. The Morgan fingerprint density at radius 1 is 1.35 bits per heavy atom. The van der Waals surface area contributed by atoms with Gasteiger partial charge in [-0.15, -0.1) is 12.4 Å². The first-order chi connectivity index (χ1) is 7.65. The van der Waals surface area contributed by atoms with Gasteiger partial charge in [-0.3, -0.25) is 4.79 Å². The van der Waals surface area contributed by atoms with Gasteiger partial charge in [-0.1, -0.05) is 32.6 Å². The minimum atomic E-state index is -0.293. The summed E-state index contributed by atoms with van der Waals surface area (Å²) in [5, 5.41) is 0. The summed E-state index contributed by atoms with van der Waals surface area (Å²) in [5.74, 6) is 0.823. The van der Waals surface area contributed by atoms with Crippen molar-refractivity contribution in [1.82, 2.24) is 4.90 Å². The lowest BCUT2D eigenvalue weighted by Crippen LogP contribution is -2.43. The van der Waals surface area contributed by atoms with E-state index < -0.39 is 0 Å². The van der Waals surface area contributed by atoms with Gasteiger partial charge in [0.1, 0.15) is 0 Å². The van der Waals surface area contributed by atoms with E-state index in [1.807, 2.05) is 11.9 Å². The molecule has 0 aliphatic heterocycles. The molecule has 0 bridgehead atoms. The highest BCUT2D eigenvalue weighted by atomic mass is 35.5. The second-order valence-electron chi connectivity index (χ2n) is 5.12. The number of hydrogen-bond acceptors (Lipinski definition) is 2. The Bertz CT molecular complexity index is 217. The van der Waals surface area contributed by atoms with Crippen LogP contribution in [0.2, 0.25) is 0 Å². The molecular formula is C13H27ClN2O. The summed E-state index contributed by atoms with van der Waals surface area (Å²) in [6.45, 7) is 2.96. The van der Waals surface area contributed by atoms with Gasteiger partial charge >= 0.3 is 0 Å². The first-order valence-electron chi connectivity index (χ1n) is 6.65. The zero-order chi connectivity index (χ0) is 12.0. The highest BCUT2D eigenvalue weighted by molar-refractivity contribution is 5.85. The van der Waals surface area contributed by atoms with E-state index in [1.54, 1.807) is 0 Å². The van der Waals surface area contributed by atoms with Crippen molar-refractivity contribution in [1.29, 1.82) is 0 Å². The lowest BCUT2D eigenvalue weighted by Gasteiger charge is -2.28. The van der Waals surface area contributed by atoms with Crippen LogP contribution in [0.5, 0.6) is 0 Å². The van der Waals surface area contributed by atoms with E-state index in [1.165, 1.54) is 32.1 Å². The SMILES string of the molecule is CCCC(N)C(=O)N(C)CC1CCCCC1.Cl. The molecule has 0 aromatic carbocycles. The van der Waals surface area contributed by atoms with Crippen LogP contribution < -0.4 is 5.73 Å². The number of hydrogen-bond donors (Lipinski definition) is 1. The predicted molar refractivity (Wildman–Crippen MR) is 74.3 cm³/mol. The Morgan fingerprint density at radius 2 is 1.94 bits per heavy atom. The average Bonchev–Trinajstić information content (AvgIpc) is 2.29. The topological polar surface area (TPSA) is 46.3 Å². The van der Waals surface area contributed by atoms with E-state index in [0.29, 0.717) is 5.92 Å². The van der Waals surface area contributed by atoms with Crippen LogP contribution in [0.15, 0.2) is 0 Å². The molecule has 1 unspecified atom stereocenters. The van der Waals surface area contributed by atoms with E-state index in [9.17, 15) is 4.79 Å². The fourth-order valence-corrected chi connectivity index (χ4v) is 2.56.